The van der Waals surface area contributed by atoms with Gasteiger partial charge in [0.15, 0.2) is 6.10 Å². The minimum absolute atomic E-state index is 0.0138. The minimum atomic E-state index is -4.42. The normalized spacial score (nSPS) is 14.1. The van der Waals surface area contributed by atoms with E-state index >= 15 is 0 Å². The zero-order valence-electron chi connectivity index (χ0n) is 60.9. The van der Waals surface area contributed by atoms with E-state index in [1.807, 2.05) is 21.1 Å². The van der Waals surface area contributed by atoms with Gasteiger partial charge in [0.25, 0.3) is 0 Å². The molecule has 534 valence electrons. The Morgan fingerprint density at radius 2 is 0.585 bits per heavy atom. The molecule has 0 radical (unpaired) electrons. The van der Waals surface area contributed by atoms with Gasteiger partial charge in [0.2, 0.25) is 0 Å². The summed E-state index contributed by atoms with van der Waals surface area (Å²) >= 11 is 0. The zero-order valence-corrected chi connectivity index (χ0v) is 61.8. The third kappa shape index (κ3) is 76.4. The standard InChI is InChI=1S/C84H140NO8P/c1-6-8-10-12-14-16-18-20-22-24-26-28-30-32-34-36-37-38-39-40-41-42-43-44-45-46-47-49-50-52-54-56-58-60-62-64-66-68-70-72-74-76-83(86)90-80-82(81-92-94(88,89)91-79-78-85(3,4)5)93-84(87)77-75-73-71-69-67-65-63-61-59-57-55-53-51-48-35-33-31-29-27-25-23-21-19-17-15-13-11-9-7-2/h8-11,14-17,20-23,26-29,32-35,51,53,57,59,63,65,69,71,82H,6-7,12-13,18-19,24-25,30-31,36-50,52,54-56,58,60-62,64,66-68,70,72-81H2,1-5H3/p+1/b10-8-,11-9-,16-14-,17-15-,22-20-,23-21-,28-26-,29-27-,34-32-,35-33-,53-51-,59-57-,65-63-,71-69-. The van der Waals surface area contributed by atoms with Crippen LogP contribution in [0.2, 0.25) is 0 Å². The molecule has 0 rings (SSSR count). The molecule has 10 heteroatoms. The van der Waals surface area contributed by atoms with Gasteiger partial charge in [0.05, 0.1) is 27.7 Å². The van der Waals surface area contributed by atoms with Crippen LogP contribution in [0.5, 0.6) is 0 Å². The van der Waals surface area contributed by atoms with E-state index in [1.54, 1.807) is 0 Å². The highest BCUT2D eigenvalue weighted by molar-refractivity contribution is 7.47. The average molecular weight is 1320 g/mol. The van der Waals surface area contributed by atoms with E-state index in [4.69, 9.17) is 18.5 Å². The van der Waals surface area contributed by atoms with E-state index in [9.17, 15) is 19.0 Å². The van der Waals surface area contributed by atoms with Gasteiger partial charge in [-0.05, 0) is 122 Å². The number of rotatable bonds is 68. The summed E-state index contributed by atoms with van der Waals surface area (Å²) < 4.78 is 34.7. The van der Waals surface area contributed by atoms with Crippen LogP contribution >= 0.6 is 7.82 Å². The van der Waals surface area contributed by atoms with Crippen molar-refractivity contribution in [3.63, 3.8) is 0 Å². The van der Waals surface area contributed by atoms with Crippen molar-refractivity contribution >= 4 is 19.8 Å². The molecule has 0 amide bonds. The first-order valence-electron chi connectivity index (χ1n) is 37.9. The van der Waals surface area contributed by atoms with E-state index in [1.165, 1.54) is 148 Å². The molecular formula is C84H141NO8P+. The van der Waals surface area contributed by atoms with E-state index in [2.05, 4.69) is 184 Å². The Bertz CT molecular complexity index is 2200. The van der Waals surface area contributed by atoms with Crippen molar-refractivity contribution in [2.75, 3.05) is 47.5 Å². The molecule has 9 nitrogen and oxygen atoms in total. The fourth-order valence-corrected chi connectivity index (χ4v) is 10.8. The number of phosphoric ester groups is 1. The molecule has 0 fully saturated rings. The van der Waals surface area contributed by atoms with Gasteiger partial charge in [-0.25, -0.2) is 4.57 Å². The van der Waals surface area contributed by atoms with Crippen LogP contribution in [0.25, 0.3) is 0 Å². The minimum Gasteiger partial charge on any atom is -0.462 e. The molecule has 2 unspecified atom stereocenters. The number of allylic oxidation sites excluding steroid dienone is 28. The number of carbonyl (C=O) groups excluding carboxylic acids is 2. The highest BCUT2D eigenvalue weighted by Gasteiger charge is 2.27. The molecule has 0 heterocycles. The van der Waals surface area contributed by atoms with Gasteiger partial charge in [-0.3, -0.25) is 18.6 Å². The van der Waals surface area contributed by atoms with E-state index in [0.29, 0.717) is 23.9 Å². The molecule has 0 aromatic carbocycles. The number of quaternary nitrogens is 1. The monoisotopic (exact) mass is 1320 g/mol. The van der Waals surface area contributed by atoms with Crippen molar-refractivity contribution in [2.45, 2.75) is 302 Å². The summed E-state index contributed by atoms with van der Waals surface area (Å²) in [6.07, 6.45) is 111. The second-order valence-corrected chi connectivity index (χ2v) is 27.4. The lowest BCUT2D eigenvalue weighted by molar-refractivity contribution is -0.870. The van der Waals surface area contributed by atoms with Crippen LogP contribution in [0.3, 0.4) is 0 Å². The molecule has 94 heavy (non-hydrogen) atoms. The van der Waals surface area contributed by atoms with Crippen molar-refractivity contribution < 1.29 is 42.1 Å². The number of nitrogens with zero attached hydrogens (tertiary/aromatic N) is 1. The summed E-state index contributed by atoms with van der Waals surface area (Å²) in [5.41, 5.74) is 0. The van der Waals surface area contributed by atoms with Crippen LogP contribution in [-0.4, -0.2) is 74.9 Å². The van der Waals surface area contributed by atoms with Crippen LogP contribution < -0.4 is 0 Å². The zero-order chi connectivity index (χ0) is 68.3. The third-order valence-electron chi connectivity index (χ3n) is 15.7. The van der Waals surface area contributed by atoms with E-state index in [-0.39, 0.29) is 32.0 Å². The second kappa shape index (κ2) is 72.6. The predicted octanol–water partition coefficient (Wildman–Crippen LogP) is 25.3. The summed E-state index contributed by atoms with van der Waals surface area (Å²) in [4.78, 5) is 35.9. The summed E-state index contributed by atoms with van der Waals surface area (Å²) in [5, 5.41) is 0. The molecule has 0 bridgehead atoms. The van der Waals surface area contributed by atoms with Crippen LogP contribution in [0.15, 0.2) is 170 Å². The molecule has 0 aliphatic rings. The Hall–Kier alpha value is -4.63. The molecule has 0 aliphatic carbocycles. The lowest BCUT2D eigenvalue weighted by atomic mass is 10.0. The lowest BCUT2D eigenvalue weighted by Gasteiger charge is -2.24. The first kappa shape index (κ1) is 89.4. The number of esters is 2. The highest BCUT2D eigenvalue weighted by atomic mass is 31.2. The molecule has 1 N–H and O–H groups in total. The van der Waals surface area contributed by atoms with Gasteiger partial charge >= 0.3 is 19.8 Å². The number of carbonyl (C=O) groups is 2. The summed E-state index contributed by atoms with van der Waals surface area (Å²) in [6, 6.07) is 0. The lowest BCUT2D eigenvalue weighted by Crippen LogP contribution is -2.37. The second-order valence-electron chi connectivity index (χ2n) is 25.9. The number of ether oxygens (including phenoxy) is 2. The molecule has 0 aliphatic heterocycles. The average Bonchev–Trinajstić information content (AvgIpc) is 1.65. The van der Waals surface area contributed by atoms with Gasteiger partial charge in [-0.15, -0.1) is 0 Å². The van der Waals surface area contributed by atoms with E-state index < -0.39 is 26.5 Å². The predicted molar refractivity (Wildman–Crippen MR) is 408 cm³/mol. The maximum Gasteiger partial charge on any atom is 0.472 e. The Balaban J connectivity index is 4.05. The Morgan fingerprint density at radius 3 is 0.883 bits per heavy atom. The van der Waals surface area contributed by atoms with Crippen molar-refractivity contribution in [1.29, 1.82) is 0 Å². The van der Waals surface area contributed by atoms with Crippen LogP contribution in [0, 0.1) is 0 Å². The molecule has 0 saturated carbocycles. The largest absolute Gasteiger partial charge is 0.472 e. The first-order chi connectivity index (χ1) is 46.0. The van der Waals surface area contributed by atoms with Gasteiger partial charge in [-0.2, -0.15) is 0 Å². The Labute approximate surface area is 578 Å². The van der Waals surface area contributed by atoms with Gasteiger partial charge in [0.1, 0.15) is 19.8 Å². The molecule has 0 aromatic rings. The summed E-state index contributed by atoms with van der Waals surface area (Å²) in [7, 11) is 1.43. The first-order valence-corrected chi connectivity index (χ1v) is 39.4. The molecule has 0 saturated heterocycles. The topological polar surface area (TPSA) is 108 Å². The molecular weight excluding hydrogens is 1180 g/mol. The fraction of sp³-hybridized carbons (Fsp3) is 0.643. The van der Waals surface area contributed by atoms with Crippen LogP contribution in [0.4, 0.5) is 0 Å². The summed E-state index contributed by atoms with van der Waals surface area (Å²) in [6.45, 7) is 4.14. The van der Waals surface area contributed by atoms with Crippen molar-refractivity contribution in [1.82, 2.24) is 0 Å². The van der Waals surface area contributed by atoms with Gasteiger partial charge in [0, 0.05) is 12.8 Å². The maximum atomic E-state index is 12.9. The van der Waals surface area contributed by atoms with Crippen molar-refractivity contribution in [2.24, 2.45) is 0 Å². The number of hydrogen-bond acceptors (Lipinski definition) is 7. The summed E-state index contributed by atoms with van der Waals surface area (Å²) in [5.74, 6) is -0.868. The van der Waals surface area contributed by atoms with Crippen LogP contribution in [0.1, 0.15) is 296 Å². The van der Waals surface area contributed by atoms with Gasteiger partial charge in [-0.1, -0.05) is 332 Å². The Morgan fingerprint density at radius 1 is 0.330 bits per heavy atom. The smallest absolute Gasteiger partial charge is 0.462 e. The SMILES string of the molecule is CC/C=C\C/C=C\C/C=C\C/C=C\C/C=C\C/C=C\C/C=C\C/C=C\C/C=C\CCCC(=O)OC(COC(=O)CCCCCCCCCCCCCCCCCCCCCCCCCCC/C=C\C/C=C\C/C=C\C/C=C\C/C=C\CC)COP(=O)(O)OCC[N+](C)(C)C. The van der Waals surface area contributed by atoms with Gasteiger partial charge < -0.3 is 18.9 Å². The maximum absolute atomic E-state index is 12.9. The Kier molecular flexibility index (Phi) is 69.1. The number of phosphoric acid groups is 1. The number of unbranched alkanes of at least 4 members (excludes halogenated alkanes) is 26. The quantitative estimate of drug-likeness (QED) is 0.0211. The number of hydrogen-bond donors (Lipinski definition) is 1. The fourth-order valence-electron chi connectivity index (χ4n) is 10.0. The number of likely N-dealkylation sites (N-methyl/N-ethyl adjacent to an activating group) is 1. The highest BCUT2D eigenvalue weighted by Crippen LogP contribution is 2.43. The molecule has 0 spiro atoms. The van der Waals surface area contributed by atoms with Crippen molar-refractivity contribution in [3.8, 4) is 0 Å². The van der Waals surface area contributed by atoms with Crippen molar-refractivity contribution in [3.05, 3.63) is 170 Å². The molecule has 2 atom stereocenters. The van der Waals surface area contributed by atoms with Crippen LogP contribution in [-0.2, 0) is 32.7 Å². The van der Waals surface area contributed by atoms with E-state index in [0.717, 1.165) is 109 Å². The third-order valence-corrected chi connectivity index (χ3v) is 16.7. The molecule has 0 aromatic heterocycles.